The van der Waals surface area contributed by atoms with E-state index < -0.39 is 12.0 Å². The van der Waals surface area contributed by atoms with Crippen molar-refractivity contribution in [3.05, 3.63) is 71.8 Å². The molecule has 2 rings (SSSR count). The molecule has 0 radical (unpaired) electrons. The van der Waals surface area contributed by atoms with E-state index in [2.05, 4.69) is 0 Å². The molecule has 0 spiro atoms. The van der Waals surface area contributed by atoms with Crippen LogP contribution in [-0.2, 0) is 9.53 Å². The van der Waals surface area contributed by atoms with Gasteiger partial charge in [-0.05, 0) is 18.1 Å². The predicted octanol–water partition coefficient (Wildman–Crippen LogP) is 2.99. The summed E-state index contributed by atoms with van der Waals surface area (Å²) >= 11 is 0. The van der Waals surface area contributed by atoms with Crippen LogP contribution in [-0.4, -0.2) is 5.97 Å². The second kappa shape index (κ2) is 6.16. The fourth-order valence-electron chi connectivity index (χ4n) is 1.84. The lowest BCUT2D eigenvalue weighted by Gasteiger charge is -2.17. The molecular formula is C16H17NO2. The molecule has 3 nitrogen and oxygen atoms in total. The van der Waals surface area contributed by atoms with Gasteiger partial charge >= 0.3 is 5.97 Å². The number of nitrogens with two attached hydrogens (primary N) is 1. The highest BCUT2D eigenvalue weighted by molar-refractivity contribution is 5.77. The first-order valence-electron chi connectivity index (χ1n) is 6.24. The Kier molecular flexibility index (Phi) is 4.31. The van der Waals surface area contributed by atoms with E-state index in [1.165, 1.54) is 0 Å². The molecule has 2 N–H and O–H groups in total. The largest absolute Gasteiger partial charge is 0.456 e. The van der Waals surface area contributed by atoms with Crippen molar-refractivity contribution in [1.82, 2.24) is 0 Å². The van der Waals surface area contributed by atoms with Crippen LogP contribution in [0.1, 0.15) is 30.2 Å². The van der Waals surface area contributed by atoms with Crippen molar-refractivity contribution in [1.29, 1.82) is 0 Å². The molecule has 2 unspecified atom stereocenters. The fraction of sp³-hybridized carbons (Fsp3) is 0.188. The lowest BCUT2D eigenvalue weighted by Crippen LogP contribution is -2.24. The predicted molar refractivity (Wildman–Crippen MR) is 74.3 cm³/mol. The van der Waals surface area contributed by atoms with Crippen molar-refractivity contribution >= 4 is 5.97 Å². The van der Waals surface area contributed by atoms with Crippen molar-refractivity contribution in [2.24, 2.45) is 5.73 Å². The van der Waals surface area contributed by atoms with Crippen LogP contribution in [0.2, 0.25) is 0 Å². The molecule has 0 bridgehead atoms. The number of hydrogen-bond donors (Lipinski definition) is 1. The Labute approximate surface area is 113 Å². The van der Waals surface area contributed by atoms with Gasteiger partial charge in [-0.2, -0.15) is 0 Å². The standard InChI is InChI=1S/C16H17NO2/c1-12(13-8-4-2-5-9-13)19-16(18)15(17)14-10-6-3-7-11-14/h2-12,15H,17H2,1H3. The van der Waals surface area contributed by atoms with Gasteiger partial charge in [0.25, 0.3) is 0 Å². The maximum absolute atomic E-state index is 12.0. The molecule has 3 heteroatoms. The smallest absolute Gasteiger partial charge is 0.328 e. The quantitative estimate of drug-likeness (QED) is 0.854. The molecular weight excluding hydrogens is 238 g/mol. The molecule has 0 saturated heterocycles. The van der Waals surface area contributed by atoms with Gasteiger partial charge in [0.2, 0.25) is 0 Å². The Morgan fingerprint density at radius 3 is 1.95 bits per heavy atom. The third-order valence-electron chi connectivity index (χ3n) is 2.97. The van der Waals surface area contributed by atoms with Gasteiger partial charge in [0, 0.05) is 0 Å². The van der Waals surface area contributed by atoms with Crippen LogP contribution in [0, 0.1) is 0 Å². The maximum atomic E-state index is 12.0. The van der Waals surface area contributed by atoms with E-state index in [1.807, 2.05) is 67.6 Å². The first-order valence-corrected chi connectivity index (χ1v) is 6.24. The molecule has 19 heavy (non-hydrogen) atoms. The van der Waals surface area contributed by atoms with Gasteiger partial charge in [-0.25, -0.2) is 4.79 Å². The monoisotopic (exact) mass is 255 g/mol. The van der Waals surface area contributed by atoms with Gasteiger partial charge in [0.05, 0.1) is 0 Å². The summed E-state index contributed by atoms with van der Waals surface area (Å²) in [7, 11) is 0. The highest BCUT2D eigenvalue weighted by atomic mass is 16.5. The van der Waals surface area contributed by atoms with Crippen LogP contribution in [0.5, 0.6) is 0 Å². The Hall–Kier alpha value is -2.13. The summed E-state index contributed by atoms with van der Waals surface area (Å²) in [6.07, 6.45) is -0.302. The summed E-state index contributed by atoms with van der Waals surface area (Å²) in [4.78, 5) is 12.0. The van der Waals surface area contributed by atoms with Crippen LogP contribution in [0.4, 0.5) is 0 Å². The Bertz CT molecular complexity index is 525. The number of carbonyl (C=O) groups is 1. The molecule has 0 heterocycles. The Morgan fingerprint density at radius 1 is 0.947 bits per heavy atom. The van der Waals surface area contributed by atoms with Crippen LogP contribution >= 0.6 is 0 Å². The fourth-order valence-corrected chi connectivity index (χ4v) is 1.84. The molecule has 2 aromatic carbocycles. The van der Waals surface area contributed by atoms with Gasteiger partial charge in [0.1, 0.15) is 12.1 Å². The molecule has 0 saturated carbocycles. The van der Waals surface area contributed by atoms with E-state index in [4.69, 9.17) is 10.5 Å². The van der Waals surface area contributed by atoms with E-state index in [-0.39, 0.29) is 6.10 Å². The van der Waals surface area contributed by atoms with Crippen LogP contribution in [0.25, 0.3) is 0 Å². The molecule has 0 fully saturated rings. The van der Waals surface area contributed by atoms with Crippen LogP contribution in [0.3, 0.4) is 0 Å². The number of carbonyl (C=O) groups excluding carboxylic acids is 1. The Balaban J connectivity index is 2.02. The van der Waals surface area contributed by atoms with Crippen molar-refractivity contribution in [3.8, 4) is 0 Å². The Morgan fingerprint density at radius 2 is 1.42 bits per heavy atom. The van der Waals surface area contributed by atoms with Crippen molar-refractivity contribution in [3.63, 3.8) is 0 Å². The first-order chi connectivity index (χ1) is 9.18. The van der Waals surface area contributed by atoms with Gasteiger partial charge in [-0.15, -0.1) is 0 Å². The molecule has 0 aliphatic rings. The zero-order valence-corrected chi connectivity index (χ0v) is 10.8. The molecule has 98 valence electrons. The molecule has 0 amide bonds. The van der Waals surface area contributed by atoms with Crippen molar-refractivity contribution in [2.75, 3.05) is 0 Å². The molecule has 2 atom stereocenters. The third kappa shape index (κ3) is 3.42. The summed E-state index contributed by atoms with van der Waals surface area (Å²) in [5.41, 5.74) is 7.60. The molecule has 0 aliphatic carbocycles. The van der Waals surface area contributed by atoms with Gasteiger partial charge in [0.15, 0.2) is 0 Å². The number of benzene rings is 2. The van der Waals surface area contributed by atoms with E-state index in [1.54, 1.807) is 0 Å². The van der Waals surface area contributed by atoms with E-state index in [0.29, 0.717) is 0 Å². The van der Waals surface area contributed by atoms with E-state index in [0.717, 1.165) is 11.1 Å². The maximum Gasteiger partial charge on any atom is 0.328 e. The summed E-state index contributed by atoms with van der Waals surface area (Å²) in [5, 5.41) is 0. The SMILES string of the molecule is CC(OC(=O)C(N)c1ccccc1)c1ccccc1. The molecule has 0 aliphatic heterocycles. The average molecular weight is 255 g/mol. The van der Waals surface area contributed by atoms with Gasteiger partial charge in [-0.1, -0.05) is 60.7 Å². The zero-order chi connectivity index (χ0) is 13.7. The number of esters is 1. The molecule has 2 aromatic rings. The zero-order valence-electron chi connectivity index (χ0n) is 10.8. The van der Waals surface area contributed by atoms with Gasteiger partial charge in [-0.3, -0.25) is 0 Å². The van der Waals surface area contributed by atoms with E-state index in [9.17, 15) is 4.79 Å². The second-order valence-corrected chi connectivity index (χ2v) is 4.38. The normalized spacial score (nSPS) is 13.6. The minimum Gasteiger partial charge on any atom is -0.456 e. The second-order valence-electron chi connectivity index (χ2n) is 4.38. The van der Waals surface area contributed by atoms with Crippen molar-refractivity contribution in [2.45, 2.75) is 19.1 Å². The summed E-state index contributed by atoms with van der Waals surface area (Å²) in [5.74, 6) is -0.414. The summed E-state index contributed by atoms with van der Waals surface area (Å²) < 4.78 is 5.39. The number of ether oxygens (including phenoxy) is 1. The lowest BCUT2D eigenvalue weighted by atomic mass is 10.1. The van der Waals surface area contributed by atoms with Crippen LogP contribution < -0.4 is 5.73 Å². The number of hydrogen-bond acceptors (Lipinski definition) is 3. The first kappa shape index (κ1) is 13.3. The minimum absolute atomic E-state index is 0.302. The topological polar surface area (TPSA) is 52.3 Å². The highest BCUT2D eigenvalue weighted by Gasteiger charge is 2.20. The number of rotatable bonds is 4. The highest BCUT2D eigenvalue weighted by Crippen LogP contribution is 2.19. The van der Waals surface area contributed by atoms with E-state index >= 15 is 0 Å². The molecule has 0 aromatic heterocycles. The third-order valence-corrected chi connectivity index (χ3v) is 2.97. The van der Waals surface area contributed by atoms with Crippen LogP contribution in [0.15, 0.2) is 60.7 Å². The summed E-state index contributed by atoms with van der Waals surface area (Å²) in [6, 6.07) is 18.1. The van der Waals surface area contributed by atoms with Gasteiger partial charge < -0.3 is 10.5 Å². The van der Waals surface area contributed by atoms with Crippen molar-refractivity contribution < 1.29 is 9.53 Å². The lowest BCUT2D eigenvalue weighted by molar-refractivity contribution is -0.150. The summed E-state index contributed by atoms with van der Waals surface area (Å²) in [6.45, 7) is 1.84. The average Bonchev–Trinajstić information content (AvgIpc) is 2.48. The minimum atomic E-state index is -0.743.